The van der Waals surface area contributed by atoms with Crippen LogP contribution in [0.3, 0.4) is 0 Å². The van der Waals surface area contributed by atoms with E-state index in [4.69, 9.17) is 10.8 Å². The molecule has 2 atom stereocenters. The third kappa shape index (κ3) is 4.44. The zero-order chi connectivity index (χ0) is 13.5. The highest BCUT2D eigenvalue weighted by molar-refractivity contribution is 6.02. The van der Waals surface area contributed by atoms with Crippen molar-refractivity contribution in [3.63, 3.8) is 0 Å². The van der Waals surface area contributed by atoms with Gasteiger partial charge in [0.25, 0.3) is 0 Å². The van der Waals surface area contributed by atoms with E-state index in [1.165, 1.54) is 0 Å². The number of carbonyl (C=O) groups excluding carboxylic acids is 2. The predicted octanol–water partition coefficient (Wildman–Crippen LogP) is 0.0540. The van der Waals surface area contributed by atoms with E-state index in [0.717, 1.165) is 6.42 Å². The van der Waals surface area contributed by atoms with Gasteiger partial charge >= 0.3 is 5.97 Å². The van der Waals surface area contributed by atoms with Crippen molar-refractivity contribution >= 4 is 17.7 Å². The van der Waals surface area contributed by atoms with Crippen molar-refractivity contribution in [3.05, 3.63) is 0 Å². The molecule has 1 aliphatic rings. The SMILES string of the molecule is N[C@@H](CCCCNC(=O)[C@H]1CCCC1=O)C(=O)O. The number of unbranched alkanes of at least 4 members (excludes halogenated alkanes) is 1. The fourth-order valence-electron chi connectivity index (χ4n) is 2.04. The topological polar surface area (TPSA) is 109 Å². The molecule has 0 bridgehead atoms. The summed E-state index contributed by atoms with van der Waals surface area (Å²) in [7, 11) is 0. The summed E-state index contributed by atoms with van der Waals surface area (Å²) >= 11 is 0. The summed E-state index contributed by atoms with van der Waals surface area (Å²) in [6.45, 7) is 0.467. The largest absolute Gasteiger partial charge is 0.480 e. The molecule has 18 heavy (non-hydrogen) atoms. The maximum absolute atomic E-state index is 11.6. The van der Waals surface area contributed by atoms with Crippen LogP contribution in [0.2, 0.25) is 0 Å². The molecule has 0 aromatic carbocycles. The van der Waals surface area contributed by atoms with Gasteiger partial charge in [-0.2, -0.15) is 0 Å². The number of hydrogen-bond acceptors (Lipinski definition) is 4. The van der Waals surface area contributed by atoms with E-state index in [1.807, 2.05) is 0 Å². The van der Waals surface area contributed by atoms with E-state index >= 15 is 0 Å². The number of rotatable bonds is 7. The van der Waals surface area contributed by atoms with Gasteiger partial charge in [0.05, 0.1) is 5.92 Å². The van der Waals surface area contributed by atoms with Crippen LogP contribution < -0.4 is 11.1 Å². The third-order valence-corrected chi connectivity index (χ3v) is 3.18. The van der Waals surface area contributed by atoms with Crippen LogP contribution in [0.15, 0.2) is 0 Å². The first-order valence-corrected chi connectivity index (χ1v) is 6.31. The zero-order valence-corrected chi connectivity index (χ0v) is 10.4. The van der Waals surface area contributed by atoms with Gasteiger partial charge in [0.1, 0.15) is 11.8 Å². The van der Waals surface area contributed by atoms with Gasteiger partial charge in [0.2, 0.25) is 5.91 Å². The van der Waals surface area contributed by atoms with Crippen molar-refractivity contribution in [2.45, 2.75) is 44.6 Å². The van der Waals surface area contributed by atoms with Gasteiger partial charge in [-0.05, 0) is 32.1 Å². The first-order valence-electron chi connectivity index (χ1n) is 6.31. The summed E-state index contributed by atoms with van der Waals surface area (Å²) in [6.07, 6.45) is 3.66. The Balaban J connectivity index is 2.09. The third-order valence-electron chi connectivity index (χ3n) is 3.18. The van der Waals surface area contributed by atoms with Crippen LogP contribution in [0, 0.1) is 5.92 Å². The second-order valence-electron chi connectivity index (χ2n) is 4.64. The minimum absolute atomic E-state index is 0.0281. The molecular formula is C12H20N2O4. The lowest BCUT2D eigenvalue weighted by Gasteiger charge is -2.10. The lowest BCUT2D eigenvalue weighted by molar-refractivity contribution is -0.139. The quantitative estimate of drug-likeness (QED) is 0.440. The van der Waals surface area contributed by atoms with Crippen molar-refractivity contribution in [1.82, 2.24) is 5.32 Å². The Morgan fingerprint density at radius 1 is 1.44 bits per heavy atom. The number of hydrogen-bond donors (Lipinski definition) is 3. The Labute approximate surface area is 106 Å². The fourth-order valence-corrected chi connectivity index (χ4v) is 2.04. The molecule has 0 unspecified atom stereocenters. The van der Waals surface area contributed by atoms with Crippen molar-refractivity contribution in [3.8, 4) is 0 Å². The van der Waals surface area contributed by atoms with E-state index < -0.39 is 17.9 Å². The summed E-state index contributed by atoms with van der Waals surface area (Å²) in [4.78, 5) is 33.4. The minimum Gasteiger partial charge on any atom is -0.480 e. The lowest BCUT2D eigenvalue weighted by Crippen LogP contribution is -2.34. The molecule has 0 radical (unpaired) electrons. The number of nitrogens with one attached hydrogen (secondary N) is 1. The standard InChI is InChI=1S/C12H20N2O4/c13-9(12(17)18)5-1-2-7-14-11(16)8-4-3-6-10(8)15/h8-9H,1-7,13H2,(H,14,16)(H,17,18)/t8-,9-/m0/s1. The minimum atomic E-state index is -1.00. The normalized spacial score (nSPS) is 20.7. The second kappa shape index (κ2) is 7.10. The average Bonchev–Trinajstić information content (AvgIpc) is 2.74. The van der Waals surface area contributed by atoms with E-state index in [-0.39, 0.29) is 11.7 Å². The zero-order valence-electron chi connectivity index (χ0n) is 10.4. The van der Waals surface area contributed by atoms with Crippen molar-refractivity contribution in [2.75, 3.05) is 6.54 Å². The van der Waals surface area contributed by atoms with Gasteiger partial charge in [-0.1, -0.05) is 0 Å². The molecule has 1 fully saturated rings. The molecule has 1 saturated carbocycles. The van der Waals surface area contributed by atoms with E-state index in [1.54, 1.807) is 0 Å². The van der Waals surface area contributed by atoms with Crippen LogP contribution in [-0.2, 0) is 14.4 Å². The van der Waals surface area contributed by atoms with E-state index in [2.05, 4.69) is 5.32 Å². The first kappa shape index (κ1) is 14.6. The second-order valence-corrected chi connectivity index (χ2v) is 4.64. The monoisotopic (exact) mass is 256 g/mol. The maximum atomic E-state index is 11.6. The summed E-state index contributed by atoms with van der Waals surface area (Å²) in [6, 6.07) is -0.836. The smallest absolute Gasteiger partial charge is 0.320 e. The number of amides is 1. The molecule has 0 spiro atoms. The first-order chi connectivity index (χ1) is 8.52. The highest BCUT2D eigenvalue weighted by atomic mass is 16.4. The molecule has 0 aromatic heterocycles. The van der Waals surface area contributed by atoms with E-state index in [9.17, 15) is 14.4 Å². The van der Waals surface area contributed by atoms with Gasteiger partial charge in [0.15, 0.2) is 0 Å². The molecule has 0 aliphatic heterocycles. The summed E-state index contributed by atoms with van der Waals surface area (Å²) < 4.78 is 0. The summed E-state index contributed by atoms with van der Waals surface area (Å²) in [5.74, 6) is -1.64. The van der Waals surface area contributed by atoms with Gasteiger partial charge < -0.3 is 16.2 Å². The molecule has 1 rings (SSSR count). The van der Waals surface area contributed by atoms with Crippen LogP contribution in [0.25, 0.3) is 0 Å². The number of aliphatic carboxylic acids is 1. The molecule has 6 nitrogen and oxygen atoms in total. The van der Waals surface area contributed by atoms with Crippen molar-refractivity contribution in [2.24, 2.45) is 11.7 Å². The van der Waals surface area contributed by atoms with Crippen molar-refractivity contribution < 1.29 is 19.5 Å². The molecule has 1 aliphatic carbocycles. The van der Waals surface area contributed by atoms with Crippen LogP contribution in [0.5, 0.6) is 0 Å². The summed E-state index contributed by atoms with van der Waals surface area (Å²) in [5, 5.41) is 11.3. The van der Waals surface area contributed by atoms with Crippen LogP contribution in [0.4, 0.5) is 0 Å². The lowest BCUT2D eigenvalue weighted by atomic mass is 10.1. The van der Waals surface area contributed by atoms with Crippen LogP contribution in [0.1, 0.15) is 38.5 Å². The predicted molar refractivity (Wildman–Crippen MR) is 64.8 cm³/mol. The molecule has 0 aromatic rings. The van der Waals surface area contributed by atoms with Gasteiger partial charge in [-0.15, -0.1) is 0 Å². The molecule has 0 heterocycles. The molecule has 1 amide bonds. The number of carboxylic acids is 1. The van der Waals surface area contributed by atoms with Crippen LogP contribution in [-0.4, -0.2) is 35.4 Å². The highest BCUT2D eigenvalue weighted by Gasteiger charge is 2.30. The summed E-state index contributed by atoms with van der Waals surface area (Å²) in [5.41, 5.74) is 5.34. The number of ketones is 1. The fraction of sp³-hybridized carbons (Fsp3) is 0.750. The number of nitrogens with two attached hydrogens (primary N) is 1. The number of Topliss-reactive ketones (excluding diaryl/α,β-unsaturated/α-hetero) is 1. The Hall–Kier alpha value is -1.43. The molecule has 0 saturated heterocycles. The average molecular weight is 256 g/mol. The Bertz CT molecular complexity index is 330. The highest BCUT2D eigenvalue weighted by Crippen LogP contribution is 2.21. The Morgan fingerprint density at radius 3 is 2.72 bits per heavy atom. The molecular weight excluding hydrogens is 236 g/mol. The molecule has 4 N–H and O–H groups in total. The maximum Gasteiger partial charge on any atom is 0.320 e. The Kier molecular flexibility index (Phi) is 5.77. The van der Waals surface area contributed by atoms with Crippen LogP contribution >= 0.6 is 0 Å². The number of carboxylic acid groups (broad SMARTS) is 1. The molecule has 6 heteroatoms. The van der Waals surface area contributed by atoms with Gasteiger partial charge in [-0.25, -0.2) is 0 Å². The van der Waals surface area contributed by atoms with Gasteiger partial charge in [-0.3, -0.25) is 14.4 Å². The van der Waals surface area contributed by atoms with E-state index in [0.29, 0.717) is 38.6 Å². The number of carbonyl (C=O) groups is 3. The van der Waals surface area contributed by atoms with Gasteiger partial charge in [0, 0.05) is 13.0 Å². The van der Waals surface area contributed by atoms with Crippen molar-refractivity contribution in [1.29, 1.82) is 0 Å². The molecule has 102 valence electrons. The Morgan fingerprint density at radius 2 is 2.17 bits per heavy atom.